The molecule has 0 aliphatic heterocycles. The number of likely N-dealkylation sites (N-methyl/N-ethyl adjacent to an activating group) is 1. The Kier molecular flexibility index (Phi) is 9.01. The molecule has 0 saturated heterocycles. The van der Waals surface area contributed by atoms with E-state index in [4.69, 9.17) is 16.3 Å². The summed E-state index contributed by atoms with van der Waals surface area (Å²) in [4.78, 5) is 3.89. The first kappa shape index (κ1) is 26.5. The molecule has 3 aromatic rings. The van der Waals surface area contributed by atoms with Crippen molar-refractivity contribution in [2.24, 2.45) is 7.05 Å². The summed E-state index contributed by atoms with van der Waals surface area (Å²) < 4.78 is 34.6. The number of benzene rings is 2. The van der Waals surface area contributed by atoms with Crippen molar-refractivity contribution in [2.75, 3.05) is 20.2 Å². The standard InChI is InChI=1S/C24H29ClN4O3S.ClH/c1-26-23-10-8-17-7-9-19(14-20(17)21(23)13-18-5-3-4-6-22(18)25)32-12-11-28-33(30,31)24-15-29(2)16-27-24;/h3-7,9,14-16,21,23,26,28H,8,10-13H2,1-2H3;1H. The third kappa shape index (κ3) is 6.12. The predicted molar refractivity (Wildman–Crippen MR) is 137 cm³/mol. The van der Waals surface area contributed by atoms with E-state index in [0.29, 0.717) is 6.04 Å². The summed E-state index contributed by atoms with van der Waals surface area (Å²) in [5.74, 6) is 0.997. The van der Waals surface area contributed by atoms with Crippen LogP contribution in [0.4, 0.5) is 0 Å². The topological polar surface area (TPSA) is 85.3 Å². The molecule has 1 aliphatic carbocycles. The fraction of sp³-hybridized carbons (Fsp3) is 0.375. The van der Waals surface area contributed by atoms with Crippen LogP contribution in [0.25, 0.3) is 0 Å². The molecule has 0 saturated carbocycles. The summed E-state index contributed by atoms with van der Waals surface area (Å²) in [6, 6.07) is 14.5. The number of fused-ring (bicyclic) bond motifs is 1. The van der Waals surface area contributed by atoms with Crippen LogP contribution in [0.15, 0.2) is 60.0 Å². The number of rotatable bonds is 9. The van der Waals surface area contributed by atoms with Gasteiger partial charge in [0.2, 0.25) is 0 Å². The van der Waals surface area contributed by atoms with Gasteiger partial charge in [0.25, 0.3) is 10.0 Å². The van der Waals surface area contributed by atoms with Crippen molar-refractivity contribution in [2.45, 2.75) is 36.2 Å². The van der Waals surface area contributed by atoms with Crippen LogP contribution in [0.5, 0.6) is 5.75 Å². The van der Waals surface area contributed by atoms with Gasteiger partial charge in [-0.05, 0) is 61.2 Å². The van der Waals surface area contributed by atoms with Crippen LogP contribution in [-0.2, 0) is 29.9 Å². The van der Waals surface area contributed by atoms with Crippen molar-refractivity contribution in [1.82, 2.24) is 19.6 Å². The van der Waals surface area contributed by atoms with E-state index in [1.165, 1.54) is 23.7 Å². The summed E-state index contributed by atoms with van der Waals surface area (Å²) >= 11 is 6.45. The van der Waals surface area contributed by atoms with Crippen LogP contribution in [-0.4, -0.2) is 44.2 Å². The highest BCUT2D eigenvalue weighted by molar-refractivity contribution is 7.89. The lowest BCUT2D eigenvalue weighted by atomic mass is 9.76. The second kappa shape index (κ2) is 11.6. The summed E-state index contributed by atoms with van der Waals surface area (Å²) in [6.07, 6.45) is 5.82. The minimum absolute atomic E-state index is 0. The Morgan fingerprint density at radius 3 is 2.74 bits per heavy atom. The monoisotopic (exact) mass is 524 g/mol. The summed E-state index contributed by atoms with van der Waals surface area (Å²) in [5, 5.41) is 4.26. The number of hydrogen-bond donors (Lipinski definition) is 2. The van der Waals surface area contributed by atoms with E-state index in [9.17, 15) is 8.42 Å². The second-order valence-electron chi connectivity index (χ2n) is 8.32. The lowest BCUT2D eigenvalue weighted by molar-refractivity contribution is 0.320. The van der Waals surface area contributed by atoms with E-state index in [2.05, 4.69) is 33.2 Å². The van der Waals surface area contributed by atoms with Crippen molar-refractivity contribution < 1.29 is 13.2 Å². The summed E-state index contributed by atoms with van der Waals surface area (Å²) in [5.41, 5.74) is 3.71. The van der Waals surface area contributed by atoms with Gasteiger partial charge in [0.05, 0.1) is 6.33 Å². The molecule has 1 heterocycles. The minimum atomic E-state index is -3.65. The molecule has 2 atom stereocenters. The third-order valence-corrected chi connectivity index (χ3v) is 7.83. The molecular formula is C24H30Cl2N4O3S. The molecular weight excluding hydrogens is 495 g/mol. The average Bonchev–Trinajstić information content (AvgIpc) is 3.26. The van der Waals surface area contributed by atoms with Crippen molar-refractivity contribution >= 4 is 34.0 Å². The minimum Gasteiger partial charge on any atom is -0.492 e. The Bertz CT molecular complexity index is 1220. The number of imidazole rings is 1. The molecule has 2 unspecified atom stereocenters. The Balaban J connectivity index is 0.00000324. The van der Waals surface area contributed by atoms with E-state index in [1.54, 1.807) is 11.6 Å². The zero-order valence-electron chi connectivity index (χ0n) is 19.2. The van der Waals surface area contributed by atoms with Gasteiger partial charge in [-0.2, -0.15) is 0 Å². The Morgan fingerprint density at radius 2 is 2.03 bits per heavy atom. The van der Waals surface area contributed by atoms with Gasteiger partial charge in [-0.1, -0.05) is 35.9 Å². The molecule has 184 valence electrons. The van der Waals surface area contributed by atoms with Crippen LogP contribution < -0.4 is 14.8 Å². The van der Waals surface area contributed by atoms with Gasteiger partial charge < -0.3 is 14.6 Å². The lowest BCUT2D eigenvalue weighted by Gasteiger charge is -2.34. The van der Waals surface area contributed by atoms with Crippen molar-refractivity contribution in [3.8, 4) is 5.75 Å². The van der Waals surface area contributed by atoms with E-state index in [1.807, 2.05) is 31.3 Å². The normalized spacial score (nSPS) is 17.6. The van der Waals surface area contributed by atoms with Gasteiger partial charge in [-0.25, -0.2) is 18.1 Å². The first-order valence-corrected chi connectivity index (χ1v) is 12.9. The highest BCUT2D eigenvalue weighted by atomic mass is 35.5. The fourth-order valence-corrected chi connectivity index (χ4v) is 5.61. The molecule has 0 amide bonds. The van der Waals surface area contributed by atoms with Crippen LogP contribution >= 0.6 is 24.0 Å². The van der Waals surface area contributed by atoms with Gasteiger partial charge >= 0.3 is 0 Å². The number of sulfonamides is 1. The highest BCUT2D eigenvalue weighted by Crippen LogP contribution is 2.37. The molecule has 34 heavy (non-hydrogen) atoms. The number of nitrogens with one attached hydrogen (secondary N) is 2. The van der Waals surface area contributed by atoms with Gasteiger partial charge in [0.15, 0.2) is 5.03 Å². The highest BCUT2D eigenvalue weighted by Gasteiger charge is 2.29. The van der Waals surface area contributed by atoms with E-state index < -0.39 is 10.0 Å². The van der Waals surface area contributed by atoms with Crippen molar-refractivity contribution in [1.29, 1.82) is 0 Å². The van der Waals surface area contributed by atoms with Crippen LogP contribution in [0.1, 0.15) is 29.0 Å². The van der Waals surface area contributed by atoms with Crippen molar-refractivity contribution in [3.63, 3.8) is 0 Å². The van der Waals surface area contributed by atoms with E-state index in [0.717, 1.165) is 35.6 Å². The molecule has 2 N–H and O–H groups in total. The summed E-state index contributed by atoms with van der Waals surface area (Å²) in [6.45, 7) is 0.369. The Morgan fingerprint density at radius 1 is 1.24 bits per heavy atom. The largest absolute Gasteiger partial charge is 0.492 e. The lowest BCUT2D eigenvalue weighted by Crippen LogP contribution is -2.37. The maximum absolute atomic E-state index is 12.3. The Labute approximate surface area is 212 Å². The smallest absolute Gasteiger partial charge is 0.259 e. The van der Waals surface area contributed by atoms with Gasteiger partial charge in [0.1, 0.15) is 12.4 Å². The van der Waals surface area contributed by atoms with E-state index >= 15 is 0 Å². The molecule has 0 spiro atoms. The van der Waals surface area contributed by atoms with Crippen molar-refractivity contribution in [3.05, 3.63) is 76.7 Å². The zero-order valence-corrected chi connectivity index (χ0v) is 21.6. The number of aryl methyl sites for hydroxylation is 2. The molecule has 0 fully saturated rings. The number of ether oxygens (including phenoxy) is 1. The molecule has 2 aromatic carbocycles. The number of aromatic nitrogens is 2. The molecule has 0 radical (unpaired) electrons. The molecule has 7 nitrogen and oxygen atoms in total. The molecule has 0 bridgehead atoms. The quantitative estimate of drug-likeness (QED) is 0.416. The van der Waals surface area contributed by atoms with Crippen LogP contribution in [0.3, 0.4) is 0 Å². The maximum Gasteiger partial charge on any atom is 0.259 e. The van der Waals surface area contributed by atoms with Gasteiger partial charge in [-0.3, -0.25) is 0 Å². The van der Waals surface area contributed by atoms with E-state index in [-0.39, 0.29) is 36.5 Å². The number of hydrogen-bond acceptors (Lipinski definition) is 5. The fourth-order valence-electron chi connectivity index (χ4n) is 4.41. The maximum atomic E-state index is 12.3. The second-order valence-corrected chi connectivity index (χ2v) is 10.4. The Hall–Kier alpha value is -2.10. The predicted octanol–water partition coefficient (Wildman–Crippen LogP) is 3.71. The zero-order chi connectivity index (χ0) is 23.4. The van der Waals surface area contributed by atoms with Gasteiger partial charge in [0, 0.05) is 36.8 Å². The van der Waals surface area contributed by atoms with Crippen LogP contribution in [0, 0.1) is 0 Å². The molecule has 1 aromatic heterocycles. The number of halogens is 2. The van der Waals surface area contributed by atoms with Crippen LogP contribution in [0.2, 0.25) is 5.02 Å². The first-order valence-electron chi connectivity index (χ1n) is 11.0. The first-order chi connectivity index (χ1) is 15.9. The summed E-state index contributed by atoms with van der Waals surface area (Å²) in [7, 11) is 0.0792. The SMILES string of the molecule is CNC1CCc2ccc(OCCNS(=O)(=O)c3cn(C)cn3)cc2C1Cc1ccccc1Cl.Cl. The molecule has 1 aliphatic rings. The average molecular weight is 526 g/mol. The molecule has 4 rings (SSSR count). The number of nitrogens with zero attached hydrogens (tertiary/aromatic N) is 2. The molecule has 10 heteroatoms. The third-order valence-electron chi connectivity index (χ3n) is 6.12. The van der Waals surface area contributed by atoms with Gasteiger partial charge in [-0.15, -0.1) is 12.4 Å².